The van der Waals surface area contributed by atoms with Crippen LogP contribution in [-0.2, 0) is 24.2 Å². The van der Waals surface area contributed by atoms with Gasteiger partial charge >= 0.3 is 0 Å². The lowest BCUT2D eigenvalue weighted by molar-refractivity contribution is -0.0691. The number of nitrogens with one attached hydrogen (secondary N) is 2. The van der Waals surface area contributed by atoms with Gasteiger partial charge in [-0.15, -0.1) is 11.3 Å². The third-order valence-corrected chi connectivity index (χ3v) is 11.4. The second-order valence-electron chi connectivity index (χ2n) is 13.2. The number of fused-ring (bicyclic) bond motifs is 3. The van der Waals surface area contributed by atoms with Crippen LogP contribution in [-0.4, -0.2) is 74.7 Å². The number of halogens is 1. The van der Waals surface area contributed by atoms with Gasteiger partial charge in [0.15, 0.2) is 0 Å². The van der Waals surface area contributed by atoms with Crippen molar-refractivity contribution in [1.29, 1.82) is 0 Å². The molecule has 1 atom stereocenters. The molecule has 4 aromatic heterocycles. The second kappa shape index (κ2) is 12.8. The predicted molar refractivity (Wildman–Crippen MR) is 189 cm³/mol. The van der Waals surface area contributed by atoms with Crippen molar-refractivity contribution >= 4 is 38.6 Å². The quantitative estimate of drug-likeness (QED) is 0.224. The van der Waals surface area contributed by atoms with Gasteiger partial charge in [-0.3, -0.25) is 14.5 Å². The van der Waals surface area contributed by atoms with Crippen molar-refractivity contribution in [3.63, 3.8) is 0 Å². The maximum atomic E-state index is 15.4. The summed E-state index contributed by atoms with van der Waals surface area (Å²) in [7, 11) is 0. The average molecular weight is 684 g/mol. The summed E-state index contributed by atoms with van der Waals surface area (Å²) in [6.45, 7) is 7.87. The molecule has 13 heteroatoms. The molecule has 0 saturated carbocycles. The van der Waals surface area contributed by atoms with Crippen molar-refractivity contribution in [2.24, 2.45) is 0 Å². The maximum Gasteiger partial charge on any atom is 0.289 e. The zero-order valence-electron chi connectivity index (χ0n) is 27.5. The van der Waals surface area contributed by atoms with E-state index in [1.165, 1.54) is 38.6 Å². The van der Waals surface area contributed by atoms with Crippen molar-refractivity contribution in [1.82, 2.24) is 24.6 Å². The lowest BCUT2D eigenvalue weighted by atomic mass is 9.96. The van der Waals surface area contributed by atoms with Crippen LogP contribution < -0.4 is 21.3 Å². The molecule has 2 saturated heterocycles. The summed E-state index contributed by atoms with van der Waals surface area (Å²) >= 11 is 1.48. The van der Waals surface area contributed by atoms with Gasteiger partial charge in [0.2, 0.25) is 0 Å². The zero-order valence-corrected chi connectivity index (χ0v) is 28.3. The Morgan fingerprint density at radius 1 is 1.10 bits per heavy atom. The molecule has 1 aromatic carbocycles. The highest BCUT2D eigenvalue weighted by Gasteiger charge is 2.32. The lowest BCUT2D eigenvalue weighted by Gasteiger charge is -2.46. The number of rotatable bonds is 7. The van der Waals surface area contributed by atoms with Crippen LogP contribution in [0.3, 0.4) is 0 Å². The molecule has 2 aliphatic heterocycles. The lowest BCUT2D eigenvalue weighted by Crippen LogP contribution is -2.59. The summed E-state index contributed by atoms with van der Waals surface area (Å²) in [6.07, 6.45) is 7.51. The van der Waals surface area contributed by atoms with Crippen LogP contribution in [0.2, 0.25) is 0 Å². The molecular weight excluding hydrogens is 646 g/mol. The van der Waals surface area contributed by atoms with Gasteiger partial charge < -0.3 is 25.0 Å². The first-order valence-corrected chi connectivity index (χ1v) is 17.6. The largest absolute Gasteiger partial charge is 0.392 e. The monoisotopic (exact) mass is 683 g/mol. The highest BCUT2D eigenvalue weighted by atomic mass is 32.1. The normalized spacial score (nSPS) is 18.4. The fourth-order valence-corrected chi connectivity index (χ4v) is 8.73. The fraction of sp³-hybridized carbons (Fsp3) is 0.389. The van der Waals surface area contributed by atoms with Crippen LogP contribution in [0.5, 0.6) is 0 Å². The summed E-state index contributed by atoms with van der Waals surface area (Å²) in [5, 5.41) is 19.1. The van der Waals surface area contributed by atoms with Crippen molar-refractivity contribution in [2.45, 2.75) is 58.2 Å². The number of H-pyrrole nitrogens is 1. The molecule has 3 N–H and O–H groups in total. The summed E-state index contributed by atoms with van der Waals surface area (Å²) < 4.78 is 22.5. The first kappa shape index (κ1) is 31.8. The third-order valence-electron chi connectivity index (χ3n) is 10.1. The number of pyridine rings is 2. The molecule has 8 rings (SSSR count). The Morgan fingerprint density at radius 3 is 2.67 bits per heavy atom. The Morgan fingerprint density at radius 2 is 1.94 bits per heavy atom. The summed E-state index contributed by atoms with van der Waals surface area (Å²) in [5.41, 5.74) is 3.48. The molecule has 1 aliphatic carbocycles. The van der Waals surface area contributed by atoms with E-state index in [4.69, 9.17) is 4.74 Å². The molecule has 2 fully saturated rings. The number of piperazine rings is 1. The second-order valence-corrected chi connectivity index (χ2v) is 14.3. The van der Waals surface area contributed by atoms with E-state index in [2.05, 4.69) is 37.1 Å². The van der Waals surface area contributed by atoms with Gasteiger partial charge in [-0.05, 0) is 74.9 Å². The number of aliphatic hydroxyl groups excluding tert-OH is 1. The fourth-order valence-electron chi connectivity index (χ4n) is 7.44. The van der Waals surface area contributed by atoms with Crippen LogP contribution in [0.15, 0.2) is 52.3 Å². The number of thiophene rings is 1. The first-order valence-electron chi connectivity index (χ1n) is 16.8. The van der Waals surface area contributed by atoms with E-state index in [1.807, 2.05) is 12.1 Å². The Bertz CT molecular complexity index is 2180. The summed E-state index contributed by atoms with van der Waals surface area (Å²) in [4.78, 5) is 40.4. The average Bonchev–Trinajstić information content (AvgIpc) is 3.45. The molecule has 11 nitrogen and oxygen atoms in total. The Kier molecular flexibility index (Phi) is 8.30. The van der Waals surface area contributed by atoms with Crippen molar-refractivity contribution in [2.75, 3.05) is 43.1 Å². The van der Waals surface area contributed by atoms with Crippen LogP contribution in [0.1, 0.15) is 41.5 Å². The van der Waals surface area contributed by atoms with E-state index < -0.39 is 12.4 Å². The van der Waals surface area contributed by atoms with Gasteiger partial charge in [0, 0.05) is 58.8 Å². The molecule has 0 spiro atoms. The van der Waals surface area contributed by atoms with Crippen molar-refractivity contribution < 1.29 is 14.2 Å². The van der Waals surface area contributed by atoms with E-state index in [-0.39, 0.29) is 22.5 Å². The van der Waals surface area contributed by atoms with E-state index in [9.17, 15) is 14.7 Å². The van der Waals surface area contributed by atoms with E-state index >= 15 is 4.39 Å². The van der Waals surface area contributed by atoms with Crippen molar-refractivity contribution in [3.8, 4) is 16.8 Å². The summed E-state index contributed by atoms with van der Waals surface area (Å²) in [6, 6.07) is 8.81. The SMILES string of the molecule is Cc1[nH]c(=O)c(Nc2ccc(N3CCN(C4COC4)C[C@@H]3C)cn2)cc1-c1cc(F)cc(-n2ncc3c4c(sc3c2=O)CCCC4)c1CO. The van der Waals surface area contributed by atoms with Gasteiger partial charge in [-0.1, -0.05) is 0 Å². The molecule has 49 heavy (non-hydrogen) atoms. The van der Waals surface area contributed by atoms with Crippen LogP contribution >= 0.6 is 11.3 Å². The van der Waals surface area contributed by atoms with Gasteiger partial charge in [0.25, 0.3) is 11.1 Å². The maximum absolute atomic E-state index is 15.4. The number of aromatic amines is 1. The molecule has 0 radical (unpaired) electrons. The van der Waals surface area contributed by atoms with Crippen LogP contribution in [0.25, 0.3) is 26.9 Å². The minimum Gasteiger partial charge on any atom is -0.392 e. The number of hydrogen-bond acceptors (Lipinski definition) is 10. The highest BCUT2D eigenvalue weighted by Crippen LogP contribution is 2.36. The molecule has 3 aliphatic rings. The van der Waals surface area contributed by atoms with Gasteiger partial charge in [0.05, 0.1) is 49.6 Å². The van der Waals surface area contributed by atoms with Gasteiger partial charge in [-0.2, -0.15) is 9.78 Å². The molecule has 254 valence electrons. The number of ether oxygens (including phenoxy) is 1. The summed E-state index contributed by atoms with van der Waals surface area (Å²) in [5.74, 6) is -0.123. The highest BCUT2D eigenvalue weighted by molar-refractivity contribution is 7.19. The number of benzene rings is 1. The van der Waals surface area contributed by atoms with E-state index in [0.717, 1.165) is 69.6 Å². The Labute approximate surface area is 286 Å². The Balaban J connectivity index is 1.10. The molecular formula is C36H38FN7O4S. The standard InChI is InChI=1S/C36H38FN7O4S/c1-20-16-42(24-18-48-19-24)9-10-43(20)23-7-8-33(38-14-23)41-30-13-26(21(2)40-35(30)46)27-11-22(37)12-31(29(27)17-45)44-36(47)34-28(15-39-44)25-5-3-4-6-32(25)49-34/h7-8,11-15,20,24,45H,3-6,9-10,16-19H2,1-2H3,(H,38,41)(H,40,46)/t20-/m0/s1. The molecule has 5 aromatic rings. The predicted octanol–water partition coefficient (Wildman–Crippen LogP) is 4.67. The van der Waals surface area contributed by atoms with Crippen molar-refractivity contribution in [3.05, 3.63) is 90.9 Å². The molecule has 0 bridgehead atoms. The number of aryl methyl sites for hydroxylation is 3. The first-order chi connectivity index (χ1) is 23.8. The number of anilines is 3. The van der Waals surface area contributed by atoms with Crippen LogP contribution in [0, 0.1) is 12.7 Å². The number of aromatic nitrogens is 4. The molecule has 0 unspecified atom stereocenters. The number of nitrogens with zero attached hydrogens (tertiary/aromatic N) is 5. The smallest absolute Gasteiger partial charge is 0.289 e. The number of aliphatic hydroxyl groups is 1. The zero-order chi connectivity index (χ0) is 33.8. The van der Waals surface area contributed by atoms with Crippen LogP contribution in [0.4, 0.5) is 21.6 Å². The third kappa shape index (κ3) is 5.74. The molecule has 6 heterocycles. The van der Waals surface area contributed by atoms with E-state index in [0.29, 0.717) is 45.0 Å². The topological polar surface area (TPSA) is 129 Å². The van der Waals surface area contributed by atoms with Gasteiger partial charge in [-0.25, -0.2) is 9.37 Å². The van der Waals surface area contributed by atoms with E-state index in [1.54, 1.807) is 25.4 Å². The molecule has 0 amide bonds. The Hall–Kier alpha value is -4.43. The number of hydrogen-bond donors (Lipinski definition) is 3. The van der Waals surface area contributed by atoms with Gasteiger partial charge in [0.1, 0.15) is 22.0 Å². The minimum atomic E-state index is -0.602. The minimum absolute atomic E-state index is 0.157.